The lowest BCUT2D eigenvalue weighted by molar-refractivity contribution is -0.114. The summed E-state index contributed by atoms with van der Waals surface area (Å²) in [4.78, 5) is 28.1. The molecule has 0 saturated carbocycles. The SMILES string of the molecule is COC1=C/C(=C/c2c(N)n3c(S(=O)(=O)CC(C)C)nsc3nc2=O)C=CC1=O. The number of sulfone groups is 1. The second kappa shape index (κ2) is 7.32. The van der Waals surface area contributed by atoms with E-state index in [9.17, 15) is 18.0 Å². The van der Waals surface area contributed by atoms with E-state index >= 15 is 0 Å². The second-order valence-electron chi connectivity index (χ2n) is 6.53. The molecule has 148 valence electrons. The lowest BCUT2D eigenvalue weighted by atomic mass is 10.0. The second-order valence-corrected chi connectivity index (χ2v) is 9.19. The minimum absolute atomic E-state index is 0.000557. The molecule has 2 aromatic heterocycles. The van der Waals surface area contributed by atoms with E-state index in [4.69, 9.17) is 10.5 Å². The summed E-state index contributed by atoms with van der Waals surface area (Å²) in [7, 11) is -2.36. The van der Waals surface area contributed by atoms with E-state index in [2.05, 4.69) is 9.36 Å². The molecule has 9 nitrogen and oxygen atoms in total. The highest BCUT2D eigenvalue weighted by molar-refractivity contribution is 7.91. The molecule has 1 aliphatic carbocycles. The number of aromatic nitrogens is 3. The summed E-state index contributed by atoms with van der Waals surface area (Å²) in [5.74, 6) is -0.505. The maximum Gasteiger partial charge on any atom is 0.283 e. The van der Waals surface area contributed by atoms with Crippen molar-refractivity contribution in [1.29, 1.82) is 0 Å². The van der Waals surface area contributed by atoms with Crippen LogP contribution in [0, 0.1) is 5.92 Å². The molecular formula is C17H18N4O5S2. The van der Waals surface area contributed by atoms with Crippen LogP contribution in [0.15, 0.2) is 39.5 Å². The Balaban J connectivity index is 2.21. The number of hydrogen-bond acceptors (Lipinski definition) is 9. The molecule has 0 aromatic carbocycles. The molecule has 1 aliphatic rings. The Morgan fingerprint density at radius 3 is 2.68 bits per heavy atom. The van der Waals surface area contributed by atoms with Crippen molar-refractivity contribution in [3.8, 4) is 0 Å². The zero-order chi connectivity index (χ0) is 20.6. The number of fused-ring (bicyclic) bond motifs is 1. The maximum atomic E-state index is 12.6. The molecule has 0 amide bonds. The first kappa shape index (κ1) is 20.0. The molecule has 0 fully saturated rings. The lowest BCUT2D eigenvalue weighted by Gasteiger charge is -2.10. The van der Waals surface area contributed by atoms with Crippen LogP contribution in [-0.2, 0) is 19.4 Å². The van der Waals surface area contributed by atoms with E-state index in [1.807, 2.05) is 0 Å². The number of hydrogen-bond donors (Lipinski definition) is 1. The third-order valence-corrected chi connectivity index (χ3v) is 6.61. The number of nitrogens with zero attached hydrogens (tertiary/aromatic N) is 3. The predicted octanol–water partition coefficient (Wildman–Crippen LogP) is 1.22. The van der Waals surface area contributed by atoms with E-state index in [0.717, 1.165) is 11.5 Å². The fraction of sp³-hybridized carbons (Fsp3) is 0.294. The van der Waals surface area contributed by atoms with E-state index in [1.54, 1.807) is 13.8 Å². The third-order valence-electron chi connectivity index (χ3n) is 3.86. The lowest BCUT2D eigenvalue weighted by Crippen LogP contribution is -2.20. The summed E-state index contributed by atoms with van der Waals surface area (Å²) in [5, 5.41) is -0.242. The van der Waals surface area contributed by atoms with Crippen molar-refractivity contribution in [3.63, 3.8) is 0 Å². The summed E-state index contributed by atoms with van der Waals surface area (Å²) >= 11 is 0.787. The van der Waals surface area contributed by atoms with E-state index in [0.29, 0.717) is 5.57 Å². The number of nitrogens with two attached hydrogens (primary N) is 1. The van der Waals surface area contributed by atoms with Gasteiger partial charge in [0.25, 0.3) is 5.56 Å². The van der Waals surface area contributed by atoms with Crippen LogP contribution in [-0.4, -0.2) is 40.8 Å². The Labute approximate surface area is 164 Å². The van der Waals surface area contributed by atoms with Gasteiger partial charge in [-0.2, -0.15) is 9.36 Å². The standard InChI is InChI=1S/C17H18N4O5S2/c1-9(2)8-28(24,25)17-20-27-16-19-15(23)11(14(18)21(16)17)6-10-4-5-12(22)13(7-10)26-3/h4-7,9H,8,18H2,1-3H3/b10-6+. The quantitative estimate of drug-likeness (QED) is 0.760. The van der Waals surface area contributed by atoms with Crippen molar-refractivity contribution < 1.29 is 17.9 Å². The number of nitrogen functional groups attached to an aromatic ring is 1. The number of ether oxygens (including phenoxy) is 1. The van der Waals surface area contributed by atoms with Gasteiger partial charge in [-0.05, 0) is 29.7 Å². The highest BCUT2D eigenvalue weighted by Gasteiger charge is 2.26. The first-order valence-corrected chi connectivity index (χ1v) is 10.7. The van der Waals surface area contributed by atoms with Gasteiger partial charge in [-0.15, -0.1) is 0 Å². The fourth-order valence-electron chi connectivity index (χ4n) is 2.68. The smallest absolute Gasteiger partial charge is 0.283 e. The van der Waals surface area contributed by atoms with Gasteiger partial charge in [-0.1, -0.05) is 19.9 Å². The van der Waals surface area contributed by atoms with Gasteiger partial charge in [0.1, 0.15) is 5.82 Å². The molecule has 0 atom stereocenters. The van der Waals surface area contributed by atoms with E-state index in [1.165, 1.54) is 35.8 Å². The predicted molar refractivity (Wildman–Crippen MR) is 106 cm³/mol. The van der Waals surface area contributed by atoms with Crippen molar-refractivity contribution in [1.82, 2.24) is 13.8 Å². The minimum Gasteiger partial charge on any atom is -0.493 e. The summed E-state index contributed by atoms with van der Waals surface area (Å²) in [5.41, 5.74) is 6.00. The van der Waals surface area contributed by atoms with Crippen molar-refractivity contribution in [2.24, 2.45) is 5.92 Å². The molecule has 2 aromatic rings. The number of carbonyl (C=O) groups excluding carboxylic acids is 1. The van der Waals surface area contributed by atoms with Gasteiger partial charge < -0.3 is 10.5 Å². The Morgan fingerprint density at radius 1 is 1.32 bits per heavy atom. The molecule has 0 saturated heterocycles. The van der Waals surface area contributed by atoms with E-state index in [-0.39, 0.29) is 44.7 Å². The van der Waals surface area contributed by atoms with Gasteiger partial charge in [-0.25, -0.2) is 12.8 Å². The highest BCUT2D eigenvalue weighted by Crippen LogP contribution is 2.24. The third kappa shape index (κ3) is 3.62. The summed E-state index contributed by atoms with van der Waals surface area (Å²) in [6.45, 7) is 3.56. The molecule has 11 heteroatoms. The van der Waals surface area contributed by atoms with Gasteiger partial charge in [0.2, 0.25) is 25.7 Å². The molecule has 0 radical (unpaired) electrons. The largest absolute Gasteiger partial charge is 0.493 e. The van der Waals surface area contributed by atoms with Crippen LogP contribution in [0.3, 0.4) is 0 Å². The van der Waals surface area contributed by atoms with Crippen LogP contribution < -0.4 is 11.3 Å². The Morgan fingerprint density at radius 2 is 2.04 bits per heavy atom. The zero-order valence-corrected chi connectivity index (χ0v) is 17.0. The van der Waals surface area contributed by atoms with Crippen molar-refractivity contribution in [3.05, 3.63) is 45.5 Å². The monoisotopic (exact) mass is 422 g/mol. The van der Waals surface area contributed by atoms with Crippen molar-refractivity contribution in [2.45, 2.75) is 19.0 Å². The Kier molecular flexibility index (Phi) is 5.22. The summed E-state index contributed by atoms with van der Waals surface area (Å²) < 4.78 is 35.4. The maximum absolute atomic E-state index is 12.6. The number of allylic oxidation sites excluding steroid dienone is 4. The van der Waals surface area contributed by atoms with Crippen LogP contribution >= 0.6 is 11.5 Å². The zero-order valence-electron chi connectivity index (χ0n) is 15.4. The minimum atomic E-state index is -3.72. The van der Waals surface area contributed by atoms with Crippen LogP contribution in [0.25, 0.3) is 11.0 Å². The Bertz CT molecular complexity index is 1220. The number of anilines is 1. The van der Waals surface area contributed by atoms with Gasteiger partial charge in [0.15, 0.2) is 5.76 Å². The number of carbonyl (C=O) groups is 1. The van der Waals surface area contributed by atoms with Gasteiger partial charge in [0.05, 0.1) is 18.4 Å². The molecule has 0 unspecified atom stereocenters. The number of methoxy groups -OCH3 is 1. The summed E-state index contributed by atoms with van der Waals surface area (Å²) in [6, 6.07) is 0. The van der Waals surface area contributed by atoms with Crippen molar-refractivity contribution >= 4 is 44.0 Å². The van der Waals surface area contributed by atoms with Crippen LogP contribution in [0.4, 0.5) is 5.82 Å². The molecule has 28 heavy (non-hydrogen) atoms. The average Bonchev–Trinajstić information content (AvgIpc) is 3.03. The van der Waals surface area contributed by atoms with Crippen molar-refractivity contribution in [2.75, 3.05) is 18.6 Å². The number of rotatable bonds is 5. The van der Waals surface area contributed by atoms with E-state index < -0.39 is 15.4 Å². The number of ketones is 1. The molecule has 0 spiro atoms. The first-order valence-electron chi connectivity index (χ1n) is 8.24. The topological polar surface area (TPSA) is 134 Å². The van der Waals surface area contributed by atoms with Crippen LogP contribution in [0.1, 0.15) is 19.4 Å². The van der Waals surface area contributed by atoms with Crippen LogP contribution in [0.2, 0.25) is 0 Å². The molecule has 2 heterocycles. The summed E-state index contributed by atoms with van der Waals surface area (Å²) in [6.07, 6.45) is 5.68. The Hall–Kier alpha value is -2.79. The van der Waals surface area contributed by atoms with Gasteiger partial charge in [-0.3, -0.25) is 9.59 Å². The highest BCUT2D eigenvalue weighted by atomic mass is 32.2. The average molecular weight is 422 g/mol. The molecular weight excluding hydrogens is 404 g/mol. The molecule has 3 rings (SSSR count). The molecule has 0 aliphatic heterocycles. The molecule has 2 N–H and O–H groups in total. The van der Waals surface area contributed by atoms with Gasteiger partial charge >= 0.3 is 0 Å². The normalized spacial score (nSPS) is 16.2. The first-order chi connectivity index (χ1) is 13.1. The fourth-order valence-corrected chi connectivity index (χ4v) is 5.43. The molecule has 0 bridgehead atoms. The van der Waals surface area contributed by atoms with Crippen LogP contribution in [0.5, 0.6) is 0 Å². The van der Waals surface area contributed by atoms with Gasteiger partial charge in [0, 0.05) is 11.5 Å².